The molecule has 0 N–H and O–H groups in total. The zero-order chi connectivity index (χ0) is 17.8. The molecule has 136 valence electrons. The fraction of sp³-hybridized carbons (Fsp3) is 0.632. The molecule has 0 spiro atoms. The summed E-state index contributed by atoms with van der Waals surface area (Å²) in [4.78, 5) is 19.3. The number of carbonyl (C=O) groups excluding carboxylic acids is 1. The molecule has 1 atom stereocenters. The molecule has 1 aliphatic heterocycles. The van der Waals surface area contributed by atoms with E-state index in [0.29, 0.717) is 24.6 Å². The monoisotopic (exact) mass is 344 g/mol. The first-order chi connectivity index (χ1) is 12.1. The first-order valence-electron chi connectivity index (χ1n) is 9.29. The van der Waals surface area contributed by atoms with Crippen molar-refractivity contribution in [3.05, 3.63) is 35.7 Å². The highest BCUT2D eigenvalue weighted by molar-refractivity contribution is 5.76. The van der Waals surface area contributed by atoms with E-state index in [1.807, 2.05) is 13.8 Å². The van der Waals surface area contributed by atoms with Crippen LogP contribution >= 0.6 is 0 Å². The summed E-state index contributed by atoms with van der Waals surface area (Å²) in [6.45, 7) is 4.89. The van der Waals surface area contributed by atoms with Crippen LogP contribution in [0.15, 0.2) is 22.9 Å². The minimum Gasteiger partial charge on any atom is -0.353 e. The first-order valence-corrected chi connectivity index (χ1v) is 9.29. The maximum atomic E-state index is 12.9. The van der Waals surface area contributed by atoms with Crippen LogP contribution in [0.25, 0.3) is 0 Å². The molecule has 1 saturated heterocycles. The summed E-state index contributed by atoms with van der Waals surface area (Å²) in [5, 5.41) is 3.97. The topological polar surface area (TPSA) is 64.2 Å². The molecule has 3 heterocycles. The summed E-state index contributed by atoms with van der Waals surface area (Å²) in [5.74, 6) is 1.68. The Labute approximate surface area is 149 Å². The number of carbonyl (C=O) groups is 1. The molecule has 6 nitrogen and oxygen atoms in total. The van der Waals surface area contributed by atoms with Gasteiger partial charge in [0.05, 0.1) is 6.04 Å². The molecule has 1 fully saturated rings. The SMILES string of the molecule is CC(C)c1noc(CCC(=O)N2CCCCC[C@@H]2c2cccn2C)n1. The smallest absolute Gasteiger partial charge is 0.227 e. The van der Waals surface area contributed by atoms with Gasteiger partial charge in [-0.3, -0.25) is 4.79 Å². The molecule has 0 saturated carbocycles. The van der Waals surface area contributed by atoms with Crippen molar-refractivity contribution in [2.24, 2.45) is 7.05 Å². The van der Waals surface area contributed by atoms with E-state index >= 15 is 0 Å². The minimum absolute atomic E-state index is 0.170. The molecule has 0 aromatic carbocycles. The molecule has 0 bridgehead atoms. The molecule has 1 amide bonds. The molecule has 0 unspecified atom stereocenters. The molecule has 0 aliphatic carbocycles. The van der Waals surface area contributed by atoms with Gasteiger partial charge in [-0.2, -0.15) is 4.98 Å². The van der Waals surface area contributed by atoms with Crippen LogP contribution in [0.2, 0.25) is 0 Å². The van der Waals surface area contributed by atoms with Gasteiger partial charge in [-0.1, -0.05) is 31.8 Å². The zero-order valence-electron chi connectivity index (χ0n) is 15.4. The number of aromatic nitrogens is 3. The lowest BCUT2D eigenvalue weighted by molar-refractivity contribution is -0.133. The van der Waals surface area contributed by atoms with Crippen molar-refractivity contribution in [3.8, 4) is 0 Å². The Balaban J connectivity index is 1.68. The Morgan fingerprint density at radius 1 is 1.36 bits per heavy atom. The maximum Gasteiger partial charge on any atom is 0.227 e. The van der Waals surface area contributed by atoms with Crippen molar-refractivity contribution in [1.82, 2.24) is 19.6 Å². The third kappa shape index (κ3) is 4.11. The van der Waals surface area contributed by atoms with Crippen LogP contribution in [0.5, 0.6) is 0 Å². The number of hydrogen-bond donors (Lipinski definition) is 0. The van der Waals surface area contributed by atoms with Gasteiger partial charge in [0.25, 0.3) is 0 Å². The van der Waals surface area contributed by atoms with Gasteiger partial charge in [0.2, 0.25) is 11.8 Å². The van der Waals surface area contributed by atoms with E-state index in [0.717, 1.165) is 19.4 Å². The highest BCUT2D eigenvalue weighted by atomic mass is 16.5. The lowest BCUT2D eigenvalue weighted by Crippen LogP contribution is -2.35. The summed E-state index contributed by atoms with van der Waals surface area (Å²) in [6, 6.07) is 4.35. The standard InChI is InChI=1S/C19H28N4O2/c1-14(2)19-20-17(25-21-19)10-11-18(24)23-13-6-4-5-8-16(23)15-9-7-12-22(15)3/h7,9,12,14,16H,4-6,8,10-11,13H2,1-3H3/t16-/m1/s1. The fourth-order valence-corrected chi connectivity index (χ4v) is 3.50. The summed E-state index contributed by atoms with van der Waals surface area (Å²) in [7, 11) is 2.05. The summed E-state index contributed by atoms with van der Waals surface area (Å²) < 4.78 is 7.40. The van der Waals surface area contributed by atoms with Gasteiger partial charge in [-0.15, -0.1) is 0 Å². The second-order valence-corrected chi connectivity index (χ2v) is 7.20. The lowest BCUT2D eigenvalue weighted by Gasteiger charge is -2.30. The van der Waals surface area contributed by atoms with E-state index < -0.39 is 0 Å². The Hall–Kier alpha value is -2.11. The van der Waals surface area contributed by atoms with Crippen molar-refractivity contribution in [1.29, 1.82) is 0 Å². The van der Waals surface area contributed by atoms with Crippen LogP contribution in [0, 0.1) is 0 Å². The van der Waals surface area contributed by atoms with Crippen LogP contribution in [0.3, 0.4) is 0 Å². The average Bonchev–Trinajstić information content (AvgIpc) is 3.16. The van der Waals surface area contributed by atoms with Crippen molar-refractivity contribution < 1.29 is 9.32 Å². The maximum absolute atomic E-state index is 12.9. The summed E-state index contributed by atoms with van der Waals surface area (Å²) >= 11 is 0. The molecule has 2 aromatic rings. The number of amides is 1. The van der Waals surface area contributed by atoms with Gasteiger partial charge in [0.1, 0.15) is 0 Å². The van der Waals surface area contributed by atoms with Gasteiger partial charge in [-0.25, -0.2) is 0 Å². The van der Waals surface area contributed by atoms with Crippen LogP contribution in [-0.2, 0) is 18.3 Å². The third-order valence-electron chi connectivity index (χ3n) is 4.95. The number of nitrogens with zero attached hydrogens (tertiary/aromatic N) is 4. The van der Waals surface area contributed by atoms with Crippen molar-refractivity contribution in [2.75, 3.05) is 6.54 Å². The minimum atomic E-state index is 0.170. The van der Waals surface area contributed by atoms with Gasteiger partial charge in [0, 0.05) is 44.2 Å². The molecule has 6 heteroatoms. The quantitative estimate of drug-likeness (QED) is 0.831. The zero-order valence-corrected chi connectivity index (χ0v) is 15.4. The highest BCUT2D eigenvalue weighted by Crippen LogP contribution is 2.30. The van der Waals surface area contributed by atoms with Crippen molar-refractivity contribution in [3.63, 3.8) is 0 Å². The van der Waals surface area contributed by atoms with E-state index in [1.54, 1.807) is 0 Å². The Morgan fingerprint density at radius 2 is 2.20 bits per heavy atom. The predicted octanol–water partition coefficient (Wildman–Crippen LogP) is 3.61. The first kappa shape index (κ1) is 17.7. The Bertz CT molecular complexity index is 704. The average molecular weight is 344 g/mol. The predicted molar refractivity (Wildman–Crippen MR) is 95.0 cm³/mol. The second-order valence-electron chi connectivity index (χ2n) is 7.20. The van der Waals surface area contributed by atoms with E-state index in [9.17, 15) is 4.79 Å². The Morgan fingerprint density at radius 3 is 2.88 bits per heavy atom. The van der Waals surface area contributed by atoms with Gasteiger partial charge in [0.15, 0.2) is 5.82 Å². The van der Waals surface area contributed by atoms with E-state index in [4.69, 9.17) is 4.52 Å². The molecular formula is C19H28N4O2. The van der Waals surface area contributed by atoms with Crippen LogP contribution in [-0.4, -0.2) is 32.1 Å². The normalized spacial score (nSPS) is 18.6. The molecule has 2 aromatic heterocycles. The van der Waals surface area contributed by atoms with Gasteiger partial charge < -0.3 is 14.0 Å². The summed E-state index contributed by atoms with van der Waals surface area (Å²) in [6.07, 6.45) is 7.43. The Kier molecular flexibility index (Phi) is 5.56. The largest absolute Gasteiger partial charge is 0.353 e. The lowest BCUT2D eigenvalue weighted by atomic mass is 10.1. The summed E-state index contributed by atoms with van der Waals surface area (Å²) in [5.41, 5.74) is 1.22. The fourth-order valence-electron chi connectivity index (χ4n) is 3.50. The molecule has 25 heavy (non-hydrogen) atoms. The second kappa shape index (κ2) is 7.85. The van der Waals surface area contributed by atoms with E-state index in [2.05, 4.69) is 45.0 Å². The number of hydrogen-bond acceptors (Lipinski definition) is 4. The van der Waals surface area contributed by atoms with Gasteiger partial charge in [-0.05, 0) is 25.0 Å². The number of rotatable bonds is 5. The molecular weight excluding hydrogens is 316 g/mol. The highest BCUT2D eigenvalue weighted by Gasteiger charge is 2.28. The molecule has 0 radical (unpaired) electrons. The van der Waals surface area contributed by atoms with E-state index in [-0.39, 0.29) is 17.9 Å². The number of likely N-dealkylation sites (tertiary alicyclic amines) is 1. The van der Waals surface area contributed by atoms with Crippen LogP contribution in [0.4, 0.5) is 0 Å². The van der Waals surface area contributed by atoms with Crippen LogP contribution < -0.4 is 0 Å². The van der Waals surface area contributed by atoms with Crippen molar-refractivity contribution in [2.45, 2.75) is 64.3 Å². The molecule has 3 rings (SSSR count). The third-order valence-corrected chi connectivity index (χ3v) is 4.95. The number of aryl methyl sites for hydroxylation is 2. The van der Waals surface area contributed by atoms with Crippen molar-refractivity contribution >= 4 is 5.91 Å². The van der Waals surface area contributed by atoms with Gasteiger partial charge >= 0.3 is 0 Å². The van der Waals surface area contributed by atoms with E-state index in [1.165, 1.54) is 18.5 Å². The molecule has 1 aliphatic rings. The van der Waals surface area contributed by atoms with Crippen LogP contribution in [0.1, 0.15) is 75.3 Å².